The van der Waals surface area contributed by atoms with Crippen molar-refractivity contribution in [1.82, 2.24) is 10.3 Å². The summed E-state index contributed by atoms with van der Waals surface area (Å²) in [6.07, 6.45) is -4.74. The van der Waals surface area contributed by atoms with Crippen molar-refractivity contribution in [3.63, 3.8) is 0 Å². The van der Waals surface area contributed by atoms with E-state index in [1.165, 1.54) is 6.34 Å². The van der Waals surface area contributed by atoms with E-state index in [2.05, 4.69) is 5.10 Å². The highest BCUT2D eigenvalue weighted by atomic mass is 19.4. The highest BCUT2D eigenvalue weighted by Crippen LogP contribution is 2.24. The van der Waals surface area contributed by atoms with Crippen LogP contribution in [0.1, 0.15) is 13.8 Å². The maximum absolute atomic E-state index is 12.3. The normalized spacial score (nSPS) is 22.6. The van der Waals surface area contributed by atoms with Gasteiger partial charge in [-0.2, -0.15) is 18.3 Å². The molecule has 1 N–H and O–H groups in total. The molecular formula is C7H12F3N3. The summed E-state index contributed by atoms with van der Waals surface area (Å²) in [7, 11) is 0. The molecule has 0 bridgehead atoms. The minimum Gasteiger partial charge on any atom is -0.332 e. The molecule has 0 radical (unpaired) electrons. The summed E-state index contributed by atoms with van der Waals surface area (Å²) in [6, 6.07) is 0. The number of halogens is 3. The molecule has 1 atom stereocenters. The summed E-state index contributed by atoms with van der Waals surface area (Å²) in [6.45, 7) is 4.07. The Bertz CT molecular complexity index is 200. The van der Waals surface area contributed by atoms with Gasteiger partial charge in [-0.15, -0.1) is 0 Å². The topological polar surface area (TPSA) is 27.6 Å². The molecular weight excluding hydrogens is 183 g/mol. The van der Waals surface area contributed by atoms with Crippen LogP contribution in [-0.2, 0) is 0 Å². The van der Waals surface area contributed by atoms with E-state index in [0.29, 0.717) is 6.54 Å². The maximum Gasteiger partial charge on any atom is 0.428 e. The first kappa shape index (κ1) is 10.1. The van der Waals surface area contributed by atoms with E-state index in [1.807, 2.05) is 19.3 Å². The van der Waals surface area contributed by atoms with Crippen LogP contribution >= 0.6 is 0 Å². The van der Waals surface area contributed by atoms with Gasteiger partial charge in [0.15, 0.2) is 0 Å². The van der Waals surface area contributed by atoms with E-state index in [9.17, 15) is 13.2 Å². The first-order chi connectivity index (χ1) is 5.91. The Labute approximate surface area is 74.6 Å². The Morgan fingerprint density at radius 2 is 2.15 bits per heavy atom. The summed E-state index contributed by atoms with van der Waals surface area (Å²) in [5.41, 5.74) is 2.02. The highest BCUT2D eigenvalue weighted by Gasteiger charge is 2.45. The third kappa shape index (κ3) is 2.50. The summed E-state index contributed by atoms with van der Waals surface area (Å²) in [4.78, 5) is 1.16. The average molecular weight is 195 g/mol. The lowest BCUT2D eigenvalue weighted by Crippen LogP contribution is -2.49. The van der Waals surface area contributed by atoms with Crippen LogP contribution in [0.2, 0.25) is 0 Å². The minimum absolute atomic E-state index is 0.177. The second-order valence-corrected chi connectivity index (χ2v) is 3.41. The summed E-state index contributed by atoms with van der Waals surface area (Å²) >= 11 is 0. The molecule has 0 aromatic heterocycles. The number of hydrogen-bond acceptors (Lipinski definition) is 3. The van der Waals surface area contributed by atoms with Crippen LogP contribution in [-0.4, -0.2) is 30.1 Å². The van der Waals surface area contributed by atoms with E-state index >= 15 is 0 Å². The van der Waals surface area contributed by atoms with Gasteiger partial charge in [0.25, 0.3) is 0 Å². The molecule has 1 unspecified atom stereocenters. The molecule has 1 aliphatic rings. The molecule has 1 aliphatic heterocycles. The fraction of sp³-hybridized carbons (Fsp3) is 0.857. The van der Waals surface area contributed by atoms with Crippen molar-refractivity contribution in [2.45, 2.75) is 26.2 Å². The SMILES string of the molecule is CC(C)CN1C=NNC1C(F)(F)F. The molecule has 1 rings (SSSR count). The van der Waals surface area contributed by atoms with E-state index in [4.69, 9.17) is 0 Å². The van der Waals surface area contributed by atoms with E-state index in [0.717, 1.165) is 4.90 Å². The Morgan fingerprint density at radius 3 is 2.62 bits per heavy atom. The summed E-state index contributed by atoms with van der Waals surface area (Å²) < 4.78 is 36.8. The Morgan fingerprint density at radius 1 is 1.54 bits per heavy atom. The zero-order valence-electron chi connectivity index (χ0n) is 7.47. The minimum atomic E-state index is -4.27. The van der Waals surface area contributed by atoms with Gasteiger partial charge in [-0.1, -0.05) is 13.8 Å². The van der Waals surface area contributed by atoms with Gasteiger partial charge in [-0.25, -0.2) is 0 Å². The van der Waals surface area contributed by atoms with Gasteiger partial charge in [-0.3, -0.25) is 5.43 Å². The van der Waals surface area contributed by atoms with Gasteiger partial charge in [0.2, 0.25) is 6.17 Å². The third-order valence-corrected chi connectivity index (χ3v) is 1.62. The van der Waals surface area contributed by atoms with Crippen LogP contribution in [0.5, 0.6) is 0 Å². The van der Waals surface area contributed by atoms with Crippen molar-refractivity contribution < 1.29 is 13.2 Å². The molecule has 0 saturated heterocycles. The molecule has 0 saturated carbocycles. The second kappa shape index (κ2) is 3.43. The number of hydrogen-bond donors (Lipinski definition) is 1. The first-order valence-electron chi connectivity index (χ1n) is 4.02. The quantitative estimate of drug-likeness (QED) is 0.720. The predicted octanol–water partition coefficient (Wildman–Crippen LogP) is 1.38. The lowest BCUT2D eigenvalue weighted by Gasteiger charge is -2.26. The van der Waals surface area contributed by atoms with E-state index in [1.54, 1.807) is 0 Å². The van der Waals surface area contributed by atoms with Gasteiger partial charge in [0.1, 0.15) is 6.34 Å². The molecule has 6 heteroatoms. The fourth-order valence-corrected chi connectivity index (χ4v) is 1.15. The number of alkyl halides is 3. The van der Waals surface area contributed by atoms with Gasteiger partial charge < -0.3 is 4.90 Å². The van der Waals surface area contributed by atoms with Crippen LogP contribution in [0.25, 0.3) is 0 Å². The van der Waals surface area contributed by atoms with Crippen molar-refractivity contribution in [1.29, 1.82) is 0 Å². The van der Waals surface area contributed by atoms with Gasteiger partial charge in [0.05, 0.1) is 0 Å². The third-order valence-electron chi connectivity index (χ3n) is 1.62. The lowest BCUT2D eigenvalue weighted by atomic mass is 10.2. The number of rotatable bonds is 2. The van der Waals surface area contributed by atoms with Crippen molar-refractivity contribution >= 4 is 6.34 Å². The number of nitrogens with one attached hydrogen (secondary N) is 1. The van der Waals surface area contributed by atoms with Gasteiger partial charge >= 0.3 is 6.18 Å². The maximum atomic E-state index is 12.3. The van der Waals surface area contributed by atoms with Crippen molar-refractivity contribution in [2.75, 3.05) is 6.54 Å². The van der Waals surface area contributed by atoms with Gasteiger partial charge in [0, 0.05) is 6.54 Å². The first-order valence-corrected chi connectivity index (χ1v) is 4.02. The molecule has 0 aromatic rings. The Balaban J connectivity index is 2.58. The molecule has 76 valence electrons. The van der Waals surface area contributed by atoms with Crippen LogP contribution in [0.15, 0.2) is 5.10 Å². The fourth-order valence-electron chi connectivity index (χ4n) is 1.15. The molecule has 0 aliphatic carbocycles. The second-order valence-electron chi connectivity index (χ2n) is 3.41. The largest absolute Gasteiger partial charge is 0.428 e. The zero-order chi connectivity index (χ0) is 10.1. The lowest BCUT2D eigenvalue weighted by molar-refractivity contribution is -0.178. The molecule has 0 aromatic carbocycles. The summed E-state index contributed by atoms with van der Waals surface area (Å²) in [5.74, 6) is 0.177. The van der Waals surface area contributed by atoms with Crippen molar-refractivity contribution in [3.05, 3.63) is 0 Å². The highest BCUT2D eigenvalue weighted by molar-refractivity contribution is 5.57. The van der Waals surface area contributed by atoms with E-state index < -0.39 is 12.3 Å². The Hall–Kier alpha value is -0.940. The number of hydrazone groups is 1. The monoisotopic (exact) mass is 195 g/mol. The van der Waals surface area contributed by atoms with Gasteiger partial charge in [-0.05, 0) is 5.92 Å². The number of nitrogens with zero attached hydrogens (tertiary/aromatic N) is 2. The predicted molar refractivity (Wildman–Crippen MR) is 43.0 cm³/mol. The smallest absolute Gasteiger partial charge is 0.332 e. The standard InChI is InChI=1S/C7H12F3N3/c1-5(2)3-13-4-11-12-6(13)7(8,9)10/h4-6,12H,3H2,1-2H3. The summed E-state index contributed by atoms with van der Waals surface area (Å²) in [5, 5.41) is 3.40. The molecule has 0 amide bonds. The van der Waals surface area contributed by atoms with Crippen LogP contribution in [0.4, 0.5) is 13.2 Å². The van der Waals surface area contributed by atoms with Crippen LogP contribution < -0.4 is 5.43 Å². The Kier molecular flexibility index (Phi) is 2.68. The molecule has 0 spiro atoms. The van der Waals surface area contributed by atoms with Crippen LogP contribution in [0.3, 0.4) is 0 Å². The molecule has 1 heterocycles. The van der Waals surface area contributed by atoms with Crippen molar-refractivity contribution in [3.8, 4) is 0 Å². The van der Waals surface area contributed by atoms with Crippen LogP contribution in [0, 0.1) is 5.92 Å². The molecule has 0 fully saturated rings. The molecule has 3 nitrogen and oxygen atoms in total. The van der Waals surface area contributed by atoms with Crippen molar-refractivity contribution in [2.24, 2.45) is 11.0 Å². The average Bonchev–Trinajstić information content (AvgIpc) is 2.31. The zero-order valence-corrected chi connectivity index (χ0v) is 7.47. The van der Waals surface area contributed by atoms with E-state index in [-0.39, 0.29) is 5.92 Å². The molecule has 13 heavy (non-hydrogen) atoms.